The number of nitrogens with zero attached hydrogens (tertiary/aromatic N) is 1. The van der Waals surface area contributed by atoms with Gasteiger partial charge in [-0.25, -0.2) is 0 Å². The number of pyridine rings is 1. The summed E-state index contributed by atoms with van der Waals surface area (Å²) < 4.78 is 0. The molecule has 0 aliphatic rings. The van der Waals surface area contributed by atoms with E-state index in [1.165, 1.54) is 11.1 Å². The van der Waals surface area contributed by atoms with Gasteiger partial charge in [-0.15, -0.1) is 0 Å². The Hall–Kier alpha value is -1.67. The van der Waals surface area contributed by atoms with Crippen LogP contribution in [0.15, 0.2) is 48.7 Å². The third kappa shape index (κ3) is 3.90. The maximum Gasteiger partial charge on any atom is 0.0447 e. The van der Waals surface area contributed by atoms with Gasteiger partial charge in [0.15, 0.2) is 0 Å². The lowest BCUT2D eigenvalue weighted by Crippen LogP contribution is -2.20. The maximum absolute atomic E-state index is 4.42. The molecule has 1 aromatic heterocycles. The average Bonchev–Trinajstić information content (AvgIpc) is 2.46. The predicted octanol–water partition coefficient (Wildman–Crippen LogP) is 3.73. The third-order valence-electron chi connectivity index (χ3n) is 3.32. The molecule has 100 valence electrons. The van der Waals surface area contributed by atoms with Crippen LogP contribution in [0.2, 0.25) is 0 Å². The van der Waals surface area contributed by atoms with E-state index < -0.39 is 0 Å². The summed E-state index contributed by atoms with van der Waals surface area (Å²) in [6, 6.07) is 15.1. The molecule has 0 bridgehead atoms. The largest absolute Gasteiger partial charge is 0.310 e. The lowest BCUT2D eigenvalue weighted by Gasteiger charge is -2.17. The smallest absolute Gasteiger partial charge is 0.0447 e. The molecule has 2 aromatic rings. The lowest BCUT2D eigenvalue weighted by atomic mass is 9.97. The van der Waals surface area contributed by atoms with Gasteiger partial charge in [-0.3, -0.25) is 4.98 Å². The van der Waals surface area contributed by atoms with E-state index in [1.54, 1.807) is 0 Å². The zero-order valence-corrected chi connectivity index (χ0v) is 11.8. The SMILES string of the molecule is CCCNC(C)c1ccccc1Cc1ccccn1. The molecule has 2 nitrogen and oxygen atoms in total. The zero-order valence-electron chi connectivity index (χ0n) is 11.8. The van der Waals surface area contributed by atoms with E-state index in [-0.39, 0.29) is 0 Å². The van der Waals surface area contributed by atoms with Gasteiger partial charge in [0.2, 0.25) is 0 Å². The Morgan fingerprint density at radius 3 is 2.63 bits per heavy atom. The number of nitrogens with one attached hydrogen (secondary N) is 1. The van der Waals surface area contributed by atoms with E-state index in [9.17, 15) is 0 Å². The summed E-state index contributed by atoms with van der Waals surface area (Å²) >= 11 is 0. The summed E-state index contributed by atoms with van der Waals surface area (Å²) in [5.74, 6) is 0. The highest BCUT2D eigenvalue weighted by Crippen LogP contribution is 2.20. The van der Waals surface area contributed by atoms with Crippen LogP contribution >= 0.6 is 0 Å². The summed E-state index contributed by atoms with van der Waals surface area (Å²) in [5.41, 5.74) is 3.86. The Bertz CT molecular complexity index is 494. The summed E-state index contributed by atoms with van der Waals surface area (Å²) in [6.07, 6.45) is 3.92. The van der Waals surface area contributed by atoms with Gasteiger partial charge in [0.1, 0.15) is 0 Å². The van der Waals surface area contributed by atoms with Gasteiger partial charge < -0.3 is 5.32 Å². The first-order valence-electron chi connectivity index (χ1n) is 7.02. The molecule has 0 saturated carbocycles. The van der Waals surface area contributed by atoms with Crippen LogP contribution in [0.4, 0.5) is 0 Å². The van der Waals surface area contributed by atoms with Crippen molar-refractivity contribution in [3.8, 4) is 0 Å². The van der Waals surface area contributed by atoms with Crippen molar-refractivity contribution in [3.05, 3.63) is 65.5 Å². The Morgan fingerprint density at radius 1 is 1.11 bits per heavy atom. The van der Waals surface area contributed by atoms with Crippen molar-refractivity contribution >= 4 is 0 Å². The van der Waals surface area contributed by atoms with Gasteiger partial charge >= 0.3 is 0 Å². The van der Waals surface area contributed by atoms with E-state index in [0.717, 1.165) is 25.1 Å². The molecule has 1 heterocycles. The summed E-state index contributed by atoms with van der Waals surface area (Å²) in [6.45, 7) is 5.48. The summed E-state index contributed by atoms with van der Waals surface area (Å²) in [5, 5.41) is 3.55. The van der Waals surface area contributed by atoms with Crippen molar-refractivity contribution in [2.24, 2.45) is 0 Å². The number of hydrogen-bond donors (Lipinski definition) is 1. The van der Waals surface area contributed by atoms with Crippen LogP contribution in [0.25, 0.3) is 0 Å². The van der Waals surface area contributed by atoms with E-state index in [0.29, 0.717) is 6.04 Å². The molecule has 0 fully saturated rings. The minimum Gasteiger partial charge on any atom is -0.310 e. The van der Waals surface area contributed by atoms with Gasteiger partial charge in [0.25, 0.3) is 0 Å². The fourth-order valence-corrected chi connectivity index (χ4v) is 2.29. The lowest BCUT2D eigenvalue weighted by molar-refractivity contribution is 0.567. The fraction of sp³-hybridized carbons (Fsp3) is 0.353. The molecule has 1 unspecified atom stereocenters. The Morgan fingerprint density at radius 2 is 1.89 bits per heavy atom. The molecule has 1 aromatic carbocycles. The van der Waals surface area contributed by atoms with Crippen molar-refractivity contribution in [2.75, 3.05) is 6.54 Å². The molecule has 0 aliphatic heterocycles. The molecule has 1 N–H and O–H groups in total. The highest BCUT2D eigenvalue weighted by Gasteiger charge is 2.09. The molecule has 1 atom stereocenters. The second-order valence-electron chi connectivity index (χ2n) is 4.87. The van der Waals surface area contributed by atoms with Crippen LogP contribution in [-0.4, -0.2) is 11.5 Å². The van der Waals surface area contributed by atoms with Gasteiger partial charge in [-0.1, -0.05) is 37.3 Å². The number of rotatable bonds is 6. The monoisotopic (exact) mass is 254 g/mol. The first-order chi connectivity index (χ1) is 9.31. The molecule has 0 aliphatic carbocycles. The van der Waals surface area contributed by atoms with Crippen LogP contribution in [0.5, 0.6) is 0 Å². The number of benzene rings is 1. The maximum atomic E-state index is 4.42. The first kappa shape index (κ1) is 13.8. The molecule has 2 rings (SSSR count). The van der Waals surface area contributed by atoms with Crippen molar-refractivity contribution in [3.63, 3.8) is 0 Å². The van der Waals surface area contributed by atoms with Gasteiger partial charge in [-0.05, 0) is 43.1 Å². The minimum atomic E-state index is 0.389. The Balaban J connectivity index is 2.16. The topological polar surface area (TPSA) is 24.9 Å². The molecule has 0 spiro atoms. The molecule has 0 radical (unpaired) electrons. The normalized spacial score (nSPS) is 12.3. The highest BCUT2D eigenvalue weighted by atomic mass is 14.9. The number of aromatic nitrogens is 1. The fourth-order valence-electron chi connectivity index (χ4n) is 2.29. The van der Waals surface area contributed by atoms with Gasteiger partial charge in [0.05, 0.1) is 0 Å². The highest BCUT2D eigenvalue weighted by molar-refractivity contribution is 5.32. The predicted molar refractivity (Wildman–Crippen MR) is 80.2 cm³/mol. The van der Waals surface area contributed by atoms with Crippen LogP contribution in [0.1, 0.15) is 43.1 Å². The molecule has 0 amide bonds. The third-order valence-corrected chi connectivity index (χ3v) is 3.32. The Labute approximate surface area is 115 Å². The van der Waals surface area contributed by atoms with Crippen molar-refractivity contribution < 1.29 is 0 Å². The van der Waals surface area contributed by atoms with Gasteiger partial charge in [-0.2, -0.15) is 0 Å². The van der Waals surface area contributed by atoms with Crippen LogP contribution < -0.4 is 5.32 Å². The average molecular weight is 254 g/mol. The van der Waals surface area contributed by atoms with E-state index in [1.807, 2.05) is 18.3 Å². The van der Waals surface area contributed by atoms with Crippen LogP contribution in [0, 0.1) is 0 Å². The minimum absolute atomic E-state index is 0.389. The second-order valence-corrected chi connectivity index (χ2v) is 4.87. The van der Waals surface area contributed by atoms with Crippen LogP contribution in [0.3, 0.4) is 0 Å². The second kappa shape index (κ2) is 7.05. The first-order valence-corrected chi connectivity index (χ1v) is 7.02. The standard InChI is InChI=1S/C17H22N2/c1-3-11-18-14(2)17-10-5-4-8-15(17)13-16-9-6-7-12-19-16/h4-10,12,14,18H,3,11,13H2,1-2H3. The molecule has 0 saturated heterocycles. The van der Waals surface area contributed by atoms with E-state index in [4.69, 9.17) is 0 Å². The summed E-state index contributed by atoms with van der Waals surface area (Å²) in [7, 11) is 0. The summed E-state index contributed by atoms with van der Waals surface area (Å²) in [4.78, 5) is 4.42. The number of hydrogen-bond acceptors (Lipinski definition) is 2. The molecular weight excluding hydrogens is 232 g/mol. The molecular formula is C17H22N2. The van der Waals surface area contributed by atoms with Crippen molar-refractivity contribution in [2.45, 2.75) is 32.7 Å². The van der Waals surface area contributed by atoms with Crippen molar-refractivity contribution in [1.29, 1.82) is 0 Å². The van der Waals surface area contributed by atoms with E-state index >= 15 is 0 Å². The zero-order chi connectivity index (χ0) is 13.5. The van der Waals surface area contributed by atoms with Crippen molar-refractivity contribution in [1.82, 2.24) is 10.3 Å². The van der Waals surface area contributed by atoms with Crippen LogP contribution in [-0.2, 0) is 6.42 Å². The van der Waals surface area contributed by atoms with E-state index in [2.05, 4.69) is 54.5 Å². The quantitative estimate of drug-likeness (QED) is 0.849. The molecule has 19 heavy (non-hydrogen) atoms. The van der Waals surface area contributed by atoms with Gasteiger partial charge in [0, 0.05) is 24.4 Å². The Kier molecular flexibility index (Phi) is 5.10. The molecule has 2 heteroatoms.